The molecule has 0 fully saturated rings. The number of H-pyrrole nitrogens is 3. The van der Waals surface area contributed by atoms with Gasteiger partial charge in [0.2, 0.25) is 0 Å². The van der Waals surface area contributed by atoms with E-state index in [1.165, 1.54) is 54.1 Å². The van der Waals surface area contributed by atoms with E-state index >= 15 is 0 Å². The predicted molar refractivity (Wildman–Crippen MR) is 162 cm³/mol. The molecular formula is C20H36BrIN5NaO4S6. The molecule has 0 aromatic carbocycles. The third-order valence-corrected chi connectivity index (χ3v) is 7.63. The molecule has 2 rings (SSSR count). The number of esters is 2. The molecule has 18 heteroatoms. The minimum absolute atomic E-state index is 0. The van der Waals surface area contributed by atoms with Crippen LogP contribution in [0.25, 0.3) is 0 Å². The zero-order chi connectivity index (χ0) is 28.1. The fraction of sp³-hybridized carbons (Fsp3) is 0.700. The summed E-state index contributed by atoms with van der Waals surface area (Å²) in [6.45, 7) is 18.1. The largest absolute Gasteiger partial charge is 1.00 e. The average Bonchev–Trinajstić information content (AvgIpc) is 3.42. The van der Waals surface area contributed by atoms with Crippen molar-refractivity contribution in [2.45, 2.75) is 62.9 Å². The third-order valence-electron chi connectivity index (χ3n) is 3.72. The van der Waals surface area contributed by atoms with E-state index in [9.17, 15) is 9.59 Å². The second-order valence-corrected chi connectivity index (χ2v) is 13.3. The van der Waals surface area contributed by atoms with Crippen molar-refractivity contribution in [2.75, 3.05) is 32.8 Å². The summed E-state index contributed by atoms with van der Waals surface area (Å²) in [4.78, 5) is 23.9. The Morgan fingerprint density at radius 3 is 1.61 bits per heavy atom. The van der Waals surface area contributed by atoms with E-state index in [-0.39, 0.29) is 75.5 Å². The predicted octanol–water partition coefficient (Wildman–Crippen LogP) is 0.797. The van der Waals surface area contributed by atoms with E-state index in [1.807, 2.05) is 0 Å². The van der Waals surface area contributed by atoms with E-state index in [1.54, 1.807) is 27.7 Å². The first-order valence-corrected chi connectivity index (χ1v) is 15.8. The van der Waals surface area contributed by atoms with Gasteiger partial charge in [0.15, 0.2) is 16.2 Å². The van der Waals surface area contributed by atoms with E-state index in [4.69, 9.17) is 41.4 Å². The number of nitrogens with zero attached hydrogens (tertiary/aromatic N) is 2. The van der Waals surface area contributed by atoms with Crippen molar-refractivity contribution in [3.8, 4) is 0 Å². The van der Waals surface area contributed by atoms with Crippen LogP contribution in [0, 0.1) is 11.9 Å². The summed E-state index contributed by atoms with van der Waals surface area (Å²) >= 11 is 21.4. The van der Waals surface area contributed by atoms with Crippen molar-refractivity contribution in [3.63, 3.8) is 0 Å². The van der Waals surface area contributed by atoms with Gasteiger partial charge in [0.25, 0.3) is 0 Å². The molecule has 3 N–H and O–H groups in total. The van der Waals surface area contributed by atoms with Gasteiger partial charge in [-0.05, 0) is 84.0 Å². The molecule has 9 nitrogen and oxygen atoms in total. The molecule has 2 unspecified atom stereocenters. The summed E-state index contributed by atoms with van der Waals surface area (Å²) in [5.74, 6) is -0.425. The smallest absolute Gasteiger partial charge is 1.00 e. The standard InChI is InChI=1S/C7H10N2O2S3.C6H15N.C5H9BrO2.C2H2N2S3.HI.Na/c1-3-11-5(10)4(2)13-7-9-8-6(12)14-7;1-4-7(5-2)6-3;1-3-8-5(7)4(2)6;5-1-3-4-2(6)7-1;;/h4H,3H2,1-2H3,(H,8,12);4-6H2,1-3H3;4H,3H2,1-2H3;(H,3,5)(H,4,6);1H;/q;;;;;+1/p-1. The van der Waals surface area contributed by atoms with Gasteiger partial charge in [-0.3, -0.25) is 24.9 Å². The Balaban J connectivity index is -0.000000210. The number of hydrogen-bond acceptors (Lipinski definition) is 12. The minimum Gasteiger partial charge on any atom is -1.00 e. The number of ether oxygens (including phenoxy) is 2. The Bertz CT molecular complexity index is 982. The van der Waals surface area contributed by atoms with Gasteiger partial charge in [-0.1, -0.05) is 71.1 Å². The van der Waals surface area contributed by atoms with Crippen LogP contribution in [0.5, 0.6) is 0 Å². The molecule has 2 aromatic rings. The molecule has 38 heavy (non-hydrogen) atoms. The van der Waals surface area contributed by atoms with Crippen molar-refractivity contribution in [3.05, 3.63) is 11.9 Å². The number of carbonyl (C=O) groups is 2. The Kier molecular flexibility index (Phi) is 36.1. The number of hydrogen-bond donors (Lipinski definition) is 3. The number of halogens is 2. The van der Waals surface area contributed by atoms with Gasteiger partial charge in [-0.15, -0.1) is 0 Å². The number of nitrogens with one attached hydrogen (secondary N) is 3. The summed E-state index contributed by atoms with van der Waals surface area (Å²) in [5.41, 5.74) is 0. The number of thioether (sulfide) groups is 1. The molecule has 216 valence electrons. The number of aromatic amines is 3. The van der Waals surface area contributed by atoms with Crippen LogP contribution in [0.3, 0.4) is 0 Å². The molecule has 0 bridgehead atoms. The van der Waals surface area contributed by atoms with Crippen molar-refractivity contribution in [2.24, 2.45) is 0 Å². The van der Waals surface area contributed by atoms with Crippen molar-refractivity contribution >= 4 is 99.0 Å². The number of alkyl halides is 1. The van der Waals surface area contributed by atoms with Crippen molar-refractivity contribution in [1.29, 1.82) is 0 Å². The zero-order valence-corrected chi connectivity index (χ0v) is 33.6. The average molecular weight is 833 g/mol. The minimum atomic E-state index is -0.246. The molecule has 0 spiro atoms. The number of rotatable bonds is 9. The second kappa shape index (κ2) is 29.7. The van der Waals surface area contributed by atoms with Crippen LogP contribution >= 0.6 is 87.0 Å². The topological polar surface area (TPSA) is 116 Å². The van der Waals surface area contributed by atoms with E-state index in [0.717, 1.165) is 4.34 Å². The van der Waals surface area contributed by atoms with Gasteiger partial charge in [-0.25, -0.2) is 0 Å². The van der Waals surface area contributed by atoms with Gasteiger partial charge in [-0.2, -0.15) is 5.10 Å². The van der Waals surface area contributed by atoms with E-state index < -0.39 is 0 Å². The maximum Gasteiger partial charge on any atom is 1.00 e. The van der Waals surface area contributed by atoms with Crippen LogP contribution in [0.4, 0.5) is 0 Å². The van der Waals surface area contributed by atoms with Gasteiger partial charge < -0.3 is 38.4 Å². The van der Waals surface area contributed by atoms with E-state index in [0.29, 0.717) is 25.1 Å². The molecule has 0 radical (unpaired) electrons. The van der Waals surface area contributed by atoms with Gasteiger partial charge in [0, 0.05) is 0 Å². The van der Waals surface area contributed by atoms with Crippen LogP contribution in [0.15, 0.2) is 4.34 Å². The van der Waals surface area contributed by atoms with Crippen LogP contribution in [0.2, 0.25) is 0 Å². The first-order chi connectivity index (χ1) is 16.9. The first kappa shape index (κ1) is 46.2. The molecule has 0 aliphatic heterocycles. The fourth-order valence-electron chi connectivity index (χ4n) is 1.89. The fourth-order valence-corrected chi connectivity index (χ4v) is 5.38. The number of aromatic nitrogens is 4. The van der Waals surface area contributed by atoms with Gasteiger partial charge in [0.05, 0.1) is 13.2 Å². The SMILES string of the molecule is CCN(CC)CC.CCOC(=O)C(C)Br.CCOC(=O)C(C)Sc1n[nH]c(=S)s1.S=c1[nH][nH]c(=S)s1.[I-].[Na+]. The maximum absolute atomic E-state index is 11.3. The number of carbonyl (C=O) groups excluding carboxylic acids is 2. The molecule has 0 amide bonds. The Morgan fingerprint density at radius 1 is 0.921 bits per heavy atom. The molecule has 2 heterocycles. The van der Waals surface area contributed by atoms with Crippen molar-refractivity contribution in [1.82, 2.24) is 25.3 Å². The quantitative estimate of drug-likeness (QED) is 0.0838. The Morgan fingerprint density at radius 2 is 1.37 bits per heavy atom. The normalized spacial score (nSPS) is 10.9. The molecule has 0 saturated carbocycles. The van der Waals surface area contributed by atoms with Crippen LogP contribution in [-0.2, 0) is 19.1 Å². The molecule has 2 atom stereocenters. The summed E-state index contributed by atoms with van der Waals surface area (Å²) in [7, 11) is 0. The molecule has 0 saturated heterocycles. The molecular weight excluding hydrogens is 796 g/mol. The summed E-state index contributed by atoms with van der Waals surface area (Å²) in [6.07, 6.45) is 0. The van der Waals surface area contributed by atoms with Crippen LogP contribution < -0.4 is 53.5 Å². The maximum atomic E-state index is 11.3. The summed E-state index contributed by atoms with van der Waals surface area (Å²) < 4.78 is 12.3. The van der Waals surface area contributed by atoms with E-state index in [2.05, 4.69) is 66.7 Å². The summed E-state index contributed by atoms with van der Waals surface area (Å²) in [5, 5.41) is 11.7. The third kappa shape index (κ3) is 26.2. The van der Waals surface area contributed by atoms with Gasteiger partial charge >= 0.3 is 41.5 Å². The Labute approximate surface area is 300 Å². The summed E-state index contributed by atoms with van der Waals surface area (Å²) in [6, 6.07) is 0. The Hall–Kier alpha value is 1.24. The van der Waals surface area contributed by atoms with Gasteiger partial charge in [0.1, 0.15) is 10.1 Å². The monoisotopic (exact) mass is 831 g/mol. The van der Waals surface area contributed by atoms with Crippen LogP contribution in [-0.4, -0.2) is 80.2 Å². The zero-order valence-electron chi connectivity index (χ0n) is 22.9. The molecule has 0 aliphatic rings. The molecule has 0 aliphatic carbocycles. The second-order valence-electron chi connectivity index (χ2n) is 6.31. The first-order valence-electron chi connectivity index (χ1n) is 11.1. The molecule has 2 aromatic heterocycles. The van der Waals surface area contributed by atoms with Crippen LogP contribution in [0.1, 0.15) is 48.5 Å². The van der Waals surface area contributed by atoms with Crippen molar-refractivity contribution < 1.29 is 72.6 Å².